The molecule has 5 heteroatoms. The third kappa shape index (κ3) is 4.14. The molecule has 1 aliphatic heterocycles. The molecule has 0 bridgehead atoms. The van der Waals surface area contributed by atoms with Crippen molar-refractivity contribution in [1.82, 2.24) is 15.2 Å². The summed E-state index contributed by atoms with van der Waals surface area (Å²) < 4.78 is 13.5. The Bertz CT molecular complexity index is 464. The van der Waals surface area contributed by atoms with Crippen LogP contribution in [0, 0.1) is 5.82 Å². The zero-order valence-corrected chi connectivity index (χ0v) is 13.6. The topological polar surface area (TPSA) is 31.4 Å². The summed E-state index contributed by atoms with van der Waals surface area (Å²) >= 11 is 0. The Kier molecular flexibility index (Phi) is 5.53. The van der Waals surface area contributed by atoms with Crippen molar-refractivity contribution in [3.8, 4) is 0 Å². The molecule has 1 saturated heterocycles. The molecule has 0 radical (unpaired) electrons. The molecule has 0 saturated carbocycles. The molecule has 2 heterocycles. The number of likely N-dealkylation sites (N-methyl/N-ethyl adjacent to an activating group) is 1. The highest BCUT2D eigenvalue weighted by molar-refractivity contribution is 5.47. The van der Waals surface area contributed by atoms with E-state index in [0.29, 0.717) is 18.6 Å². The molecule has 1 aromatic rings. The number of halogens is 1. The Morgan fingerprint density at radius 2 is 2.19 bits per heavy atom. The van der Waals surface area contributed by atoms with Crippen LogP contribution in [0.25, 0.3) is 0 Å². The Morgan fingerprint density at radius 1 is 1.43 bits per heavy atom. The number of hydrogen-bond donors (Lipinski definition) is 1. The Hall–Kier alpha value is -1.20. The van der Waals surface area contributed by atoms with E-state index in [-0.39, 0.29) is 5.82 Å². The minimum absolute atomic E-state index is 0.264. The minimum atomic E-state index is -0.264. The van der Waals surface area contributed by atoms with E-state index in [9.17, 15) is 4.39 Å². The van der Waals surface area contributed by atoms with Crippen LogP contribution in [-0.2, 0) is 6.54 Å². The maximum Gasteiger partial charge on any atom is 0.141 e. The largest absolute Gasteiger partial charge is 0.354 e. The van der Waals surface area contributed by atoms with Gasteiger partial charge in [0.25, 0.3) is 0 Å². The normalized spacial score (nSPS) is 20.3. The van der Waals surface area contributed by atoms with Gasteiger partial charge < -0.3 is 10.2 Å². The fraction of sp³-hybridized carbons (Fsp3) is 0.688. The number of aromatic nitrogens is 1. The molecule has 4 nitrogen and oxygen atoms in total. The molecule has 2 rings (SSSR count). The average molecular weight is 294 g/mol. The van der Waals surface area contributed by atoms with Gasteiger partial charge in [-0.3, -0.25) is 4.90 Å². The Morgan fingerprint density at radius 3 is 2.81 bits per heavy atom. The summed E-state index contributed by atoms with van der Waals surface area (Å²) in [5.41, 5.74) is 0.945. The van der Waals surface area contributed by atoms with Gasteiger partial charge in [-0.25, -0.2) is 9.37 Å². The van der Waals surface area contributed by atoms with E-state index in [0.717, 1.165) is 37.6 Å². The van der Waals surface area contributed by atoms with Crippen molar-refractivity contribution >= 4 is 5.82 Å². The van der Waals surface area contributed by atoms with Crippen molar-refractivity contribution in [2.45, 2.75) is 46.3 Å². The number of piperazine rings is 1. The van der Waals surface area contributed by atoms with E-state index >= 15 is 0 Å². The summed E-state index contributed by atoms with van der Waals surface area (Å²) in [5.74, 6) is 0.659. The van der Waals surface area contributed by atoms with Crippen molar-refractivity contribution in [3.63, 3.8) is 0 Å². The number of pyridine rings is 1. The van der Waals surface area contributed by atoms with Crippen molar-refractivity contribution in [2.75, 3.05) is 31.1 Å². The first-order chi connectivity index (χ1) is 10.0. The fourth-order valence-electron chi connectivity index (χ4n) is 2.86. The van der Waals surface area contributed by atoms with Crippen LogP contribution in [0.2, 0.25) is 0 Å². The summed E-state index contributed by atoms with van der Waals surface area (Å²) in [5, 5.41) is 3.36. The Labute approximate surface area is 127 Å². The molecule has 0 aromatic carbocycles. The molecule has 0 amide bonds. The smallest absolute Gasteiger partial charge is 0.141 e. The number of hydrogen-bond acceptors (Lipinski definition) is 4. The lowest BCUT2D eigenvalue weighted by molar-refractivity contribution is 0.199. The molecule has 1 atom stereocenters. The molecule has 1 aliphatic rings. The van der Waals surface area contributed by atoms with E-state index < -0.39 is 0 Å². The van der Waals surface area contributed by atoms with E-state index in [1.807, 2.05) is 0 Å². The molecule has 118 valence electrons. The average Bonchev–Trinajstić information content (AvgIpc) is 2.45. The summed E-state index contributed by atoms with van der Waals surface area (Å²) in [4.78, 5) is 9.11. The first-order valence-electron chi connectivity index (χ1n) is 7.88. The maximum atomic E-state index is 13.5. The standard InChI is InChI=1S/C16H27FN4/c1-5-20-6-7-21(11-13(20)4)16-14(9-18-12(2)3)8-15(17)10-19-16/h8,10,12-13,18H,5-7,9,11H2,1-4H3. The van der Waals surface area contributed by atoms with Crippen LogP contribution in [0.3, 0.4) is 0 Å². The number of rotatable bonds is 5. The van der Waals surface area contributed by atoms with E-state index in [1.165, 1.54) is 6.20 Å². The van der Waals surface area contributed by atoms with Gasteiger partial charge >= 0.3 is 0 Å². The van der Waals surface area contributed by atoms with Crippen LogP contribution >= 0.6 is 0 Å². The zero-order valence-electron chi connectivity index (χ0n) is 13.6. The van der Waals surface area contributed by atoms with Crippen LogP contribution in [-0.4, -0.2) is 48.1 Å². The van der Waals surface area contributed by atoms with Crippen molar-refractivity contribution < 1.29 is 4.39 Å². The second-order valence-electron chi connectivity index (χ2n) is 6.10. The molecule has 1 unspecified atom stereocenters. The SMILES string of the molecule is CCN1CCN(c2ncc(F)cc2CNC(C)C)CC1C. The second-order valence-corrected chi connectivity index (χ2v) is 6.10. The van der Waals surface area contributed by atoms with Crippen LogP contribution in [0.5, 0.6) is 0 Å². The molecule has 0 spiro atoms. The number of nitrogens with one attached hydrogen (secondary N) is 1. The lowest BCUT2D eigenvalue weighted by Crippen LogP contribution is -2.52. The number of anilines is 1. The zero-order chi connectivity index (χ0) is 15.4. The van der Waals surface area contributed by atoms with Gasteiger partial charge in [-0.1, -0.05) is 20.8 Å². The first-order valence-corrected chi connectivity index (χ1v) is 7.88. The van der Waals surface area contributed by atoms with Crippen molar-refractivity contribution in [1.29, 1.82) is 0 Å². The van der Waals surface area contributed by atoms with Crippen molar-refractivity contribution in [2.24, 2.45) is 0 Å². The monoisotopic (exact) mass is 294 g/mol. The quantitative estimate of drug-likeness (QED) is 0.902. The van der Waals surface area contributed by atoms with Gasteiger partial charge in [0.15, 0.2) is 0 Å². The van der Waals surface area contributed by atoms with E-state index in [1.54, 1.807) is 6.07 Å². The molecule has 0 aliphatic carbocycles. The van der Waals surface area contributed by atoms with Gasteiger partial charge in [-0.15, -0.1) is 0 Å². The minimum Gasteiger partial charge on any atom is -0.354 e. The maximum absolute atomic E-state index is 13.5. The number of nitrogens with zero attached hydrogens (tertiary/aromatic N) is 3. The highest BCUT2D eigenvalue weighted by atomic mass is 19.1. The summed E-state index contributed by atoms with van der Waals surface area (Å²) in [6.45, 7) is 13.3. The van der Waals surface area contributed by atoms with Gasteiger partial charge in [-0.2, -0.15) is 0 Å². The molecular formula is C16H27FN4. The van der Waals surface area contributed by atoms with Crippen LogP contribution in [0.15, 0.2) is 12.3 Å². The van der Waals surface area contributed by atoms with Gasteiger partial charge in [0.2, 0.25) is 0 Å². The highest BCUT2D eigenvalue weighted by Crippen LogP contribution is 2.22. The van der Waals surface area contributed by atoms with Crippen molar-refractivity contribution in [3.05, 3.63) is 23.6 Å². The predicted octanol–water partition coefficient (Wildman–Crippen LogP) is 2.25. The predicted molar refractivity (Wildman–Crippen MR) is 85.1 cm³/mol. The van der Waals surface area contributed by atoms with Crippen LogP contribution in [0.4, 0.5) is 10.2 Å². The van der Waals surface area contributed by atoms with E-state index in [2.05, 4.69) is 47.8 Å². The summed E-state index contributed by atoms with van der Waals surface area (Å²) in [6, 6.07) is 2.48. The molecule has 1 N–H and O–H groups in total. The Balaban J connectivity index is 2.15. The molecule has 21 heavy (non-hydrogen) atoms. The third-order valence-electron chi connectivity index (χ3n) is 4.08. The van der Waals surface area contributed by atoms with Gasteiger partial charge in [0, 0.05) is 43.8 Å². The lowest BCUT2D eigenvalue weighted by atomic mass is 10.1. The fourth-order valence-corrected chi connectivity index (χ4v) is 2.86. The summed E-state index contributed by atoms with van der Waals surface area (Å²) in [6.07, 6.45) is 1.32. The third-order valence-corrected chi connectivity index (χ3v) is 4.08. The molecular weight excluding hydrogens is 267 g/mol. The van der Waals surface area contributed by atoms with Crippen LogP contribution in [0.1, 0.15) is 33.3 Å². The second kappa shape index (κ2) is 7.18. The summed E-state index contributed by atoms with van der Waals surface area (Å²) in [7, 11) is 0. The van der Waals surface area contributed by atoms with Gasteiger partial charge in [-0.05, 0) is 19.5 Å². The molecule has 1 aromatic heterocycles. The first kappa shape index (κ1) is 16.2. The van der Waals surface area contributed by atoms with E-state index in [4.69, 9.17) is 0 Å². The van der Waals surface area contributed by atoms with Gasteiger partial charge in [0.1, 0.15) is 11.6 Å². The van der Waals surface area contributed by atoms with Crippen LogP contribution < -0.4 is 10.2 Å². The molecule has 1 fully saturated rings. The lowest BCUT2D eigenvalue weighted by Gasteiger charge is -2.40. The highest BCUT2D eigenvalue weighted by Gasteiger charge is 2.24. The van der Waals surface area contributed by atoms with Gasteiger partial charge in [0.05, 0.1) is 6.20 Å².